The highest BCUT2D eigenvalue weighted by Crippen LogP contribution is 2.29. The Morgan fingerprint density at radius 1 is 1.41 bits per heavy atom. The molecule has 4 heteroatoms. The number of benzene rings is 1. The number of aliphatic hydroxyl groups excluding tert-OH is 1. The molecule has 0 aromatic heterocycles. The van der Waals surface area contributed by atoms with E-state index in [1.165, 1.54) is 6.07 Å². The summed E-state index contributed by atoms with van der Waals surface area (Å²) < 4.78 is 13.2. The molecule has 2 atom stereocenters. The summed E-state index contributed by atoms with van der Waals surface area (Å²) in [6.45, 7) is 7.26. The van der Waals surface area contributed by atoms with Gasteiger partial charge in [-0.25, -0.2) is 4.39 Å². The SMILES string of the molecule is CCNCc1cc(F)ccc1SC(C)C(C)O. The molecule has 96 valence electrons. The Hall–Kier alpha value is -0.580. The second-order valence-electron chi connectivity index (χ2n) is 4.10. The molecule has 2 nitrogen and oxygen atoms in total. The summed E-state index contributed by atoms with van der Waals surface area (Å²) in [6, 6.07) is 4.80. The van der Waals surface area contributed by atoms with Crippen LogP contribution in [0.25, 0.3) is 0 Å². The maximum Gasteiger partial charge on any atom is 0.123 e. The van der Waals surface area contributed by atoms with E-state index in [9.17, 15) is 9.50 Å². The van der Waals surface area contributed by atoms with Crippen LogP contribution in [0.5, 0.6) is 0 Å². The van der Waals surface area contributed by atoms with E-state index in [2.05, 4.69) is 5.32 Å². The first-order valence-electron chi connectivity index (χ1n) is 5.88. The lowest BCUT2D eigenvalue weighted by Crippen LogP contribution is -2.16. The lowest BCUT2D eigenvalue weighted by atomic mass is 10.2. The van der Waals surface area contributed by atoms with Crippen LogP contribution in [-0.2, 0) is 6.54 Å². The van der Waals surface area contributed by atoms with Gasteiger partial charge in [-0.2, -0.15) is 0 Å². The van der Waals surface area contributed by atoms with Gasteiger partial charge in [0.05, 0.1) is 6.10 Å². The topological polar surface area (TPSA) is 32.3 Å². The fraction of sp³-hybridized carbons (Fsp3) is 0.538. The van der Waals surface area contributed by atoms with E-state index in [1.54, 1.807) is 30.8 Å². The summed E-state index contributed by atoms with van der Waals surface area (Å²) in [5.41, 5.74) is 0.948. The Labute approximate surface area is 107 Å². The third-order valence-corrected chi connectivity index (χ3v) is 4.00. The third-order valence-electron chi connectivity index (χ3n) is 2.58. The first kappa shape index (κ1) is 14.5. The summed E-state index contributed by atoms with van der Waals surface area (Å²) in [4.78, 5) is 1.03. The zero-order valence-electron chi connectivity index (χ0n) is 10.5. The average molecular weight is 257 g/mol. The largest absolute Gasteiger partial charge is 0.392 e. The van der Waals surface area contributed by atoms with Crippen LogP contribution in [0.15, 0.2) is 23.1 Å². The molecule has 0 spiro atoms. The van der Waals surface area contributed by atoms with Crippen LogP contribution in [0.1, 0.15) is 26.3 Å². The van der Waals surface area contributed by atoms with Crippen LogP contribution in [0.3, 0.4) is 0 Å². The summed E-state index contributed by atoms with van der Waals surface area (Å²) in [5, 5.41) is 12.8. The van der Waals surface area contributed by atoms with E-state index in [1.807, 2.05) is 13.8 Å². The lowest BCUT2D eigenvalue weighted by Gasteiger charge is -2.17. The van der Waals surface area contributed by atoms with Gasteiger partial charge in [-0.1, -0.05) is 13.8 Å². The van der Waals surface area contributed by atoms with Gasteiger partial charge in [-0.3, -0.25) is 0 Å². The number of aliphatic hydroxyl groups is 1. The molecule has 17 heavy (non-hydrogen) atoms. The molecule has 0 saturated heterocycles. The minimum atomic E-state index is -0.378. The van der Waals surface area contributed by atoms with Crippen molar-refractivity contribution in [2.75, 3.05) is 6.54 Å². The fourth-order valence-electron chi connectivity index (χ4n) is 1.36. The summed E-state index contributed by atoms with van der Waals surface area (Å²) >= 11 is 1.58. The highest BCUT2D eigenvalue weighted by molar-refractivity contribution is 8.00. The van der Waals surface area contributed by atoms with Gasteiger partial charge < -0.3 is 10.4 Å². The van der Waals surface area contributed by atoms with Crippen LogP contribution in [0.4, 0.5) is 4.39 Å². The smallest absolute Gasteiger partial charge is 0.123 e. The van der Waals surface area contributed by atoms with Crippen LogP contribution < -0.4 is 5.32 Å². The molecule has 1 aromatic rings. The maximum atomic E-state index is 13.2. The molecule has 0 aliphatic carbocycles. The Morgan fingerprint density at radius 2 is 2.12 bits per heavy atom. The number of thioether (sulfide) groups is 1. The monoisotopic (exact) mass is 257 g/mol. The molecule has 0 aliphatic heterocycles. The van der Waals surface area contributed by atoms with Crippen LogP contribution in [-0.4, -0.2) is 23.0 Å². The van der Waals surface area contributed by atoms with Crippen molar-refractivity contribution >= 4 is 11.8 Å². The first-order valence-corrected chi connectivity index (χ1v) is 6.76. The predicted molar refractivity (Wildman–Crippen MR) is 70.8 cm³/mol. The van der Waals surface area contributed by atoms with E-state index in [0.29, 0.717) is 6.54 Å². The van der Waals surface area contributed by atoms with E-state index in [0.717, 1.165) is 17.0 Å². The number of hydrogen-bond donors (Lipinski definition) is 2. The molecule has 0 radical (unpaired) electrons. The van der Waals surface area contributed by atoms with Crippen molar-refractivity contribution < 1.29 is 9.50 Å². The van der Waals surface area contributed by atoms with Crippen molar-refractivity contribution in [1.29, 1.82) is 0 Å². The molecule has 0 fully saturated rings. The second kappa shape index (κ2) is 6.99. The molecule has 2 unspecified atom stereocenters. The highest BCUT2D eigenvalue weighted by atomic mass is 32.2. The summed E-state index contributed by atoms with van der Waals surface area (Å²) in [7, 11) is 0. The number of hydrogen-bond acceptors (Lipinski definition) is 3. The zero-order chi connectivity index (χ0) is 12.8. The highest BCUT2D eigenvalue weighted by Gasteiger charge is 2.13. The van der Waals surface area contributed by atoms with Crippen LogP contribution in [0.2, 0.25) is 0 Å². The van der Waals surface area contributed by atoms with Gasteiger partial charge in [0.15, 0.2) is 0 Å². The Balaban J connectivity index is 2.82. The van der Waals surface area contributed by atoms with E-state index < -0.39 is 0 Å². The molecular weight excluding hydrogens is 237 g/mol. The van der Waals surface area contributed by atoms with Crippen molar-refractivity contribution in [3.63, 3.8) is 0 Å². The molecule has 1 aromatic carbocycles. The van der Waals surface area contributed by atoms with Crippen LogP contribution in [0, 0.1) is 5.82 Å². The van der Waals surface area contributed by atoms with Gasteiger partial charge in [0.25, 0.3) is 0 Å². The third kappa shape index (κ3) is 4.66. The van der Waals surface area contributed by atoms with Crippen molar-refractivity contribution in [3.8, 4) is 0 Å². The fourth-order valence-corrected chi connectivity index (χ4v) is 2.39. The Bertz CT molecular complexity index is 357. The average Bonchev–Trinajstić information content (AvgIpc) is 2.29. The quantitative estimate of drug-likeness (QED) is 0.769. The van der Waals surface area contributed by atoms with Crippen molar-refractivity contribution in [2.45, 2.75) is 43.6 Å². The standard InChI is InChI=1S/C13H20FNOS/c1-4-15-8-11-7-12(14)5-6-13(11)17-10(3)9(2)16/h5-7,9-10,15-16H,4,8H2,1-3H3. The van der Waals surface area contributed by atoms with E-state index >= 15 is 0 Å². The van der Waals surface area contributed by atoms with Crippen molar-refractivity contribution in [1.82, 2.24) is 5.32 Å². The Kier molecular flexibility index (Phi) is 5.95. The van der Waals surface area contributed by atoms with E-state index in [-0.39, 0.29) is 17.2 Å². The van der Waals surface area contributed by atoms with Crippen molar-refractivity contribution in [2.24, 2.45) is 0 Å². The molecule has 0 bridgehead atoms. The van der Waals surface area contributed by atoms with Gasteiger partial charge >= 0.3 is 0 Å². The molecule has 0 aliphatic rings. The molecule has 1 rings (SSSR count). The van der Waals surface area contributed by atoms with E-state index in [4.69, 9.17) is 0 Å². The minimum Gasteiger partial charge on any atom is -0.392 e. The van der Waals surface area contributed by atoms with Gasteiger partial charge in [0.1, 0.15) is 5.82 Å². The van der Waals surface area contributed by atoms with Gasteiger partial charge in [0, 0.05) is 16.7 Å². The number of halogens is 1. The van der Waals surface area contributed by atoms with Gasteiger partial charge in [-0.05, 0) is 37.2 Å². The predicted octanol–water partition coefficient (Wildman–Crippen LogP) is 2.80. The zero-order valence-corrected chi connectivity index (χ0v) is 11.4. The Morgan fingerprint density at radius 3 is 2.71 bits per heavy atom. The minimum absolute atomic E-state index is 0.0980. The van der Waals surface area contributed by atoms with Gasteiger partial charge in [0.2, 0.25) is 0 Å². The molecule has 0 amide bonds. The number of rotatable bonds is 6. The van der Waals surface area contributed by atoms with Crippen LogP contribution >= 0.6 is 11.8 Å². The second-order valence-corrected chi connectivity index (χ2v) is 5.52. The molecule has 0 saturated carbocycles. The summed E-state index contributed by atoms with van der Waals surface area (Å²) in [5.74, 6) is -0.216. The first-order chi connectivity index (χ1) is 8.04. The molecular formula is C13H20FNOS. The normalized spacial score (nSPS) is 14.6. The summed E-state index contributed by atoms with van der Waals surface area (Å²) in [6.07, 6.45) is -0.378. The van der Waals surface area contributed by atoms with Crippen molar-refractivity contribution in [3.05, 3.63) is 29.6 Å². The number of nitrogens with one attached hydrogen (secondary N) is 1. The molecule has 0 heterocycles. The lowest BCUT2D eigenvalue weighted by molar-refractivity contribution is 0.196. The van der Waals surface area contributed by atoms with Gasteiger partial charge in [-0.15, -0.1) is 11.8 Å². The molecule has 2 N–H and O–H groups in total. The maximum absolute atomic E-state index is 13.2.